The standard InChI is InChI=1S/C12H17N3S/c1-10-4-3-6-15-11(9-14-12(10)15)8-13-5-7-16-2/h3-4,6,9,13H,5,7-8H2,1-2H3. The lowest BCUT2D eigenvalue weighted by Gasteiger charge is -2.04. The van der Waals surface area contributed by atoms with Crippen molar-refractivity contribution in [2.45, 2.75) is 13.5 Å². The van der Waals surface area contributed by atoms with Crippen LogP contribution in [0.1, 0.15) is 11.3 Å². The highest BCUT2D eigenvalue weighted by Gasteiger charge is 2.03. The number of pyridine rings is 1. The third-order valence-electron chi connectivity index (χ3n) is 2.60. The number of nitrogens with zero attached hydrogens (tertiary/aromatic N) is 2. The Morgan fingerprint density at radius 2 is 2.38 bits per heavy atom. The summed E-state index contributed by atoms with van der Waals surface area (Å²) < 4.78 is 2.15. The molecule has 0 aliphatic heterocycles. The first-order valence-electron chi connectivity index (χ1n) is 5.44. The van der Waals surface area contributed by atoms with Gasteiger partial charge >= 0.3 is 0 Å². The predicted octanol–water partition coefficient (Wildman–Crippen LogP) is 2.10. The Labute approximate surface area is 100 Å². The van der Waals surface area contributed by atoms with Crippen LogP contribution < -0.4 is 5.32 Å². The number of fused-ring (bicyclic) bond motifs is 1. The second-order valence-corrected chi connectivity index (χ2v) is 4.79. The van der Waals surface area contributed by atoms with Crippen LogP contribution in [0, 0.1) is 6.92 Å². The molecule has 2 aromatic heterocycles. The molecule has 0 aromatic carbocycles. The van der Waals surface area contributed by atoms with E-state index in [2.05, 4.69) is 46.2 Å². The molecule has 0 unspecified atom stereocenters. The molecule has 0 amide bonds. The van der Waals surface area contributed by atoms with Crippen LogP contribution in [-0.2, 0) is 6.54 Å². The Kier molecular flexibility index (Phi) is 3.85. The van der Waals surface area contributed by atoms with Gasteiger partial charge in [0.05, 0.1) is 11.9 Å². The van der Waals surface area contributed by atoms with Crippen LogP contribution in [0.3, 0.4) is 0 Å². The summed E-state index contributed by atoms with van der Waals surface area (Å²) >= 11 is 1.86. The highest BCUT2D eigenvalue weighted by atomic mass is 32.2. The van der Waals surface area contributed by atoms with Crippen molar-refractivity contribution in [3.63, 3.8) is 0 Å². The van der Waals surface area contributed by atoms with Crippen LogP contribution in [0.5, 0.6) is 0 Å². The normalized spacial score (nSPS) is 11.1. The minimum Gasteiger partial charge on any atom is -0.310 e. The van der Waals surface area contributed by atoms with Gasteiger partial charge in [0, 0.05) is 25.0 Å². The molecule has 2 aromatic rings. The second-order valence-electron chi connectivity index (χ2n) is 3.80. The highest BCUT2D eigenvalue weighted by molar-refractivity contribution is 7.98. The zero-order valence-electron chi connectivity index (χ0n) is 9.73. The summed E-state index contributed by atoms with van der Waals surface area (Å²) in [4.78, 5) is 4.43. The summed E-state index contributed by atoms with van der Waals surface area (Å²) in [6.07, 6.45) is 6.15. The van der Waals surface area contributed by atoms with Gasteiger partial charge in [-0.15, -0.1) is 0 Å². The zero-order valence-corrected chi connectivity index (χ0v) is 10.5. The molecule has 4 heteroatoms. The predicted molar refractivity (Wildman–Crippen MR) is 70.0 cm³/mol. The number of hydrogen-bond donors (Lipinski definition) is 1. The number of hydrogen-bond acceptors (Lipinski definition) is 3. The molecule has 0 radical (unpaired) electrons. The fraction of sp³-hybridized carbons (Fsp3) is 0.417. The summed E-state index contributed by atoms with van der Waals surface area (Å²) in [5.41, 5.74) is 3.50. The zero-order chi connectivity index (χ0) is 11.4. The molecule has 0 saturated heterocycles. The summed E-state index contributed by atoms with van der Waals surface area (Å²) in [6.45, 7) is 4.01. The first-order chi connectivity index (χ1) is 7.83. The molecular weight excluding hydrogens is 218 g/mol. The van der Waals surface area contributed by atoms with Crippen LogP contribution in [0.15, 0.2) is 24.5 Å². The Morgan fingerprint density at radius 1 is 1.50 bits per heavy atom. The van der Waals surface area contributed by atoms with E-state index >= 15 is 0 Å². The Hall–Kier alpha value is -1.00. The number of aromatic nitrogens is 2. The van der Waals surface area contributed by atoms with Crippen molar-refractivity contribution in [2.24, 2.45) is 0 Å². The highest BCUT2D eigenvalue weighted by Crippen LogP contribution is 2.10. The van der Waals surface area contributed by atoms with Gasteiger partial charge in [-0.1, -0.05) is 6.07 Å². The number of thioether (sulfide) groups is 1. The number of nitrogens with one attached hydrogen (secondary N) is 1. The Bertz CT molecular complexity index is 464. The molecule has 0 aliphatic carbocycles. The third-order valence-corrected chi connectivity index (χ3v) is 3.21. The van der Waals surface area contributed by atoms with E-state index < -0.39 is 0 Å². The lowest BCUT2D eigenvalue weighted by Crippen LogP contribution is -2.17. The molecule has 0 fully saturated rings. The second kappa shape index (κ2) is 5.37. The molecule has 0 atom stereocenters. The van der Waals surface area contributed by atoms with Gasteiger partial charge in [0.2, 0.25) is 0 Å². The maximum absolute atomic E-state index is 4.43. The molecule has 0 bridgehead atoms. The van der Waals surface area contributed by atoms with Crippen LogP contribution in [0.25, 0.3) is 5.65 Å². The van der Waals surface area contributed by atoms with Crippen molar-refractivity contribution in [1.82, 2.24) is 14.7 Å². The van der Waals surface area contributed by atoms with Crippen molar-refractivity contribution < 1.29 is 0 Å². The molecule has 2 rings (SSSR count). The maximum atomic E-state index is 4.43. The van der Waals surface area contributed by atoms with Crippen LogP contribution in [0.2, 0.25) is 0 Å². The van der Waals surface area contributed by atoms with Gasteiger partial charge in [0.1, 0.15) is 5.65 Å². The largest absolute Gasteiger partial charge is 0.310 e. The minimum atomic E-state index is 0.880. The Morgan fingerprint density at radius 3 is 3.19 bits per heavy atom. The number of imidazole rings is 1. The van der Waals surface area contributed by atoms with E-state index in [0.717, 1.165) is 24.5 Å². The monoisotopic (exact) mass is 235 g/mol. The quantitative estimate of drug-likeness (QED) is 0.805. The van der Waals surface area contributed by atoms with E-state index in [-0.39, 0.29) is 0 Å². The molecule has 1 N–H and O–H groups in total. The van der Waals surface area contributed by atoms with E-state index in [1.165, 1.54) is 11.3 Å². The average Bonchev–Trinajstić information content (AvgIpc) is 2.70. The molecule has 0 aliphatic rings. The van der Waals surface area contributed by atoms with Gasteiger partial charge in [-0.05, 0) is 24.8 Å². The van der Waals surface area contributed by atoms with Gasteiger partial charge in [-0.2, -0.15) is 11.8 Å². The van der Waals surface area contributed by atoms with Crippen LogP contribution >= 0.6 is 11.8 Å². The van der Waals surface area contributed by atoms with Crippen molar-refractivity contribution in [1.29, 1.82) is 0 Å². The van der Waals surface area contributed by atoms with Crippen LogP contribution in [-0.4, -0.2) is 27.9 Å². The molecule has 3 nitrogen and oxygen atoms in total. The summed E-state index contributed by atoms with van der Waals surface area (Å²) in [6, 6.07) is 4.16. The molecule has 2 heterocycles. The van der Waals surface area contributed by atoms with Gasteiger partial charge in [-0.3, -0.25) is 0 Å². The fourth-order valence-electron chi connectivity index (χ4n) is 1.72. The average molecular weight is 235 g/mol. The lowest BCUT2D eigenvalue weighted by molar-refractivity contribution is 0.710. The van der Waals surface area contributed by atoms with Crippen molar-refractivity contribution in [2.75, 3.05) is 18.6 Å². The van der Waals surface area contributed by atoms with Crippen molar-refractivity contribution >= 4 is 17.4 Å². The van der Waals surface area contributed by atoms with Crippen molar-refractivity contribution in [3.05, 3.63) is 35.8 Å². The molecule has 16 heavy (non-hydrogen) atoms. The maximum Gasteiger partial charge on any atom is 0.139 e. The first-order valence-corrected chi connectivity index (χ1v) is 6.83. The molecule has 0 saturated carbocycles. The summed E-state index contributed by atoms with van der Waals surface area (Å²) in [5, 5.41) is 3.42. The van der Waals surface area contributed by atoms with E-state index in [4.69, 9.17) is 0 Å². The third kappa shape index (κ3) is 2.39. The van der Waals surface area contributed by atoms with Gasteiger partial charge in [0.25, 0.3) is 0 Å². The molecule has 86 valence electrons. The van der Waals surface area contributed by atoms with Gasteiger partial charge in [0.15, 0.2) is 0 Å². The van der Waals surface area contributed by atoms with E-state index in [9.17, 15) is 0 Å². The SMILES string of the molecule is CSCCNCc1cnc2c(C)cccn12. The van der Waals surface area contributed by atoms with Gasteiger partial charge < -0.3 is 9.72 Å². The van der Waals surface area contributed by atoms with E-state index in [1.54, 1.807) is 0 Å². The number of rotatable bonds is 5. The fourth-order valence-corrected chi connectivity index (χ4v) is 2.07. The van der Waals surface area contributed by atoms with E-state index in [0.29, 0.717) is 0 Å². The minimum absolute atomic E-state index is 0.880. The Balaban J connectivity index is 2.10. The van der Waals surface area contributed by atoms with E-state index in [1.807, 2.05) is 18.0 Å². The van der Waals surface area contributed by atoms with Crippen molar-refractivity contribution in [3.8, 4) is 0 Å². The first kappa shape index (κ1) is 11.5. The van der Waals surface area contributed by atoms with Gasteiger partial charge in [-0.25, -0.2) is 4.98 Å². The summed E-state index contributed by atoms with van der Waals surface area (Å²) in [5.74, 6) is 1.15. The number of aryl methyl sites for hydroxylation is 1. The smallest absolute Gasteiger partial charge is 0.139 e. The van der Waals surface area contributed by atoms with Crippen LogP contribution in [0.4, 0.5) is 0 Å². The molecular formula is C12H17N3S. The molecule has 0 spiro atoms. The lowest BCUT2D eigenvalue weighted by atomic mass is 10.3. The topological polar surface area (TPSA) is 29.3 Å². The summed E-state index contributed by atoms with van der Waals surface area (Å²) in [7, 11) is 0.